The van der Waals surface area contributed by atoms with Gasteiger partial charge in [-0.2, -0.15) is 5.06 Å². The van der Waals surface area contributed by atoms with E-state index in [0.29, 0.717) is 46.2 Å². The zero-order chi connectivity index (χ0) is 11.4. The van der Waals surface area contributed by atoms with Crippen molar-refractivity contribution in [2.45, 2.75) is 0 Å². The Bertz CT molecular complexity index is 127. The van der Waals surface area contributed by atoms with Crippen LogP contribution in [-0.2, 0) is 19.0 Å². The van der Waals surface area contributed by atoms with Crippen molar-refractivity contribution in [2.75, 3.05) is 60.3 Å². The summed E-state index contributed by atoms with van der Waals surface area (Å²) in [5.41, 5.74) is 0. The van der Waals surface area contributed by atoms with Crippen LogP contribution < -0.4 is 18.9 Å². The van der Waals surface area contributed by atoms with Crippen LogP contribution in [0.5, 0.6) is 0 Å². The minimum atomic E-state index is 0. The summed E-state index contributed by atoms with van der Waals surface area (Å²) < 4.78 is 15.5. The number of hydroxylamine groups is 2. The fourth-order valence-corrected chi connectivity index (χ4v) is 0.821. The molecule has 0 spiro atoms. The zero-order valence-corrected chi connectivity index (χ0v) is 10.7. The normalized spacial score (nSPS) is 10.5. The molecule has 0 rings (SSSR count). The molecule has 6 heteroatoms. The van der Waals surface area contributed by atoms with Gasteiger partial charge < -0.3 is 21.1 Å². The maximum absolute atomic E-state index is 5.26. The quantitative estimate of drug-likeness (QED) is 0.167. The molecule has 0 aliphatic rings. The first-order valence-corrected chi connectivity index (χ1v) is 5.10. The van der Waals surface area contributed by atoms with E-state index in [9.17, 15) is 0 Å². The summed E-state index contributed by atoms with van der Waals surface area (Å²) in [5, 5.41) is 1.65. The zero-order valence-electron chi connectivity index (χ0n) is 10.7. The molecule has 0 heterocycles. The molecule has 0 aromatic carbocycles. The van der Waals surface area contributed by atoms with E-state index in [0.717, 1.165) is 0 Å². The molecule has 0 aliphatic carbocycles. The summed E-state index contributed by atoms with van der Waals surface area (Å²) in [6.07, 6.45) is 0. The molecule has 0 unspecified atom stereocenters. The van der Waals surface area contributed by atoms with E-state index in [-0.39, 0.29) is 18.9 Å². The molecule has 0 N–H and O–H groups in total. The van der Waals surface area contributed by atoms with Crippen LogP contribution >= 0.6 is 0 Å². The van der Waals surface area contributed by atoms with Gasteiger partial charge in [0.05, 0.1) is 39.6 Å². The van der Waals surface area contributed by atoms with Gasteiger partial charge in [-0.15, -0.1) is 0 Å². The molecule has 0 saturated heterocycles. The second-order valence-corrected chi connectivity index (χ2v) is 2.98. The van der Waals surface area contributed by atoms with Crippen molar-refractivity contribution >= 4 is 0 Å². The Balaban J connectivity index is 0. The topological polar surface area (TPSA) is 40.2 Å². The summed E-state index contributed by atoms with van der Waals surface area (Å²) in [6, 6.07) is 0. The van der Waals surface area contributed by atoms with Crippen LogP contribution in [0.1, 0.15) is 0 Å². The SMILES string of the molecule is [CH2-]COCCOCCOCCON(C)C.[Li+]. The maximum Gasteiger partial charge on any atom is 1.00 e. The van der Waals surface area contributed by atoms with Gasteiger partial charge in [-0.1, -0.05) is 6.61 Å². The van der Waals surface area contributed by atoms with E-state index in [4.69, 9.17) is 19.0 Å². The predicted molar refractivity (Wildman–Crippen MR) is 57.5 cm³/mol. The number of ether oxygens (including phenoxy) is 3. The van der Waals surface area contributed by atoms with Crippen molar-refractivity contribution in [1.29, 1.82) is 0 Å². The predicted octanol–water partition coefficient (Wildman–Crippen LogP) is -2.63. The summed E-state index contributed by atoms with van der Waals surface area (Å²) in [5.74, 6) is 0. The first kappa shape index (κ1) is 18.8. The summed E-state index contributed by atoms with van der Waals surface area (Å²) in [4.78, 5) is 5.14. The Labute approximate surface area is 110 Å². The van der Waals surface area contributed by atoms with Crippen molar-refractivity contribution in [1.82, 2.24) is 5.06 Å². The van der Waals surface area contributed by atoms with E-state index in [2.05, 4.69) is 6.92 Å². The first-order chi connectivity index (χ1) is 7.27. The van der Waals surface area contributed by atoms with Crippen molar-refractivity contribution in [3.8, 4) is 0 Å². The van der Waals surface area contributed by atoms with Gasteiger partial charge in [0, 0.05) is 14.1 Å². The van der Waals surface area contributed by atoms with Gasteiger partial charge in [-0.25, -0.2) is 0 Å². The molecule has 0 amide bonds. The maximum atomic E-state index is 5.26. The smallest absolute Gasteiger partial charge is 0.411 e. The summed E-state index contributed by atoms with van der Waals surface area (Å²) >= 11 is 0. The van der Waals surface area contributed by atoms with Gasteiger partial charge in [0.15, 0.2) is 0 Å². The molecule has 0 aliphatic heterocycles. The summed E-state index contributed by atoms with van der Waals surface area (Å²) in [6.45, 7) is 7.53. The van der Waals surface area contributed by atoms with Crippen molar-refractivity contribution in [3.63, 3.8) is 0 Å². The minimum Gasteiger partial charge on any atom is -0.411 e. The Hall–Kier alpha value is 0.397. The molecule has 0 bridgehead atoms. The van der Waals surface area contributed by atoms with Crippen LogP contribution in [0.4, 0.5) is 0 Å². The molecule has 0 atom stereocenters. The van der Waals surface area contributed by atoms with E-state index in [1.54, 1.807) is 5.06 Å². The Kier molecular flexibility index (Phi) is 18.0. The molecule has 92 valence electrons. The van der Waals surface area contributed by atoms with Crippen molar-refractivity contribution < 1.29 is 37.9 Å². The Morgan fingerprint density at radius 2 is 1.25 bits per heavy atom. The van der Waals surface area contributed by atoms with Gasteiger partial charge >= 0.3 is 18.9 Å². The third-order valence-corrected chi connectivity index (χ3v) is 1.47. The second kappa shape index (κ2) is 15.4. The molecular weight excluding hydrogens is 205 g/mol. The molecule has 0 fully saturated rings. The molecule has 0 radical (unpaired) electrons. The van der Waals surface area contributed by atoms with Crippen LogP contribution in [0.25, 0.3) is 0 Å². The summed E-state index contributed by atoms with van der Waals surface area (Å²) in [7, 11) is 3.68. The molecule has 0 aromatic heterocycles. The van der Waals surface area contributed by atoms with E-state index in [1.807, 2.05) is 14.1 Å². The number of rotatable bonds is 11. The van der Waals surface area contributed by atoms with Gasteiger partial charge in [0.25, 0.3) is 0 Å². The van der Waals surface area contributed by atoms with Crippen molar-refractivity contribution in [3.05, 3.63) is 6.92 Å². The van der Waals surface area contributed by atoms with E-state index in [1.165, 1.54) is 0 Å². The number of hydrogen-bond acceptors (Lipinski definition) is 5. The molecule has 5 nitrogen and oxygen atoms in total. The standard InChI is InChI=1S/C10H22NO4.Li/c1-4-12-5-6-13-7-8-14-9-10-15-11(2)3;/h1,4-10H2,2-3H3;/q-1;+1. The fraction of sp³-hybridized carbons (Fsp3) is 0.900. The van der Waals surface area contributed by atoms with Gasteiger partial charge in [0.2, 0.25) is 0 Å². The van der Waals surface area contributed by atoms with Gasteiger partial charge in [-0.05, 0) is 0 Å². The van der Waals surface area contributed by atoms with Crippen LogP contribution in [-0.4, -0.2) is 65.4 Å². The van der Waals surface area contributed by atoms with Crippen LogP contribution in [0.15, 0.2) is 0 Å². The van der Waals surface area contributed by atoms with E-state index < -0.39 is 0 Å². The third-order valence-electron chi connectivity index (χ3n) is 1.47. The number of nitrogens with zero attached hydrogens (tertiary/aromatic N) is 1. The van der Waals surface area contributed by atoms with Crippen molar-refractivity contribution in [2.24, 2.45) is 0 Å². The average Bonchev–Trinajstić information content (AvgIpc) is 2.20. The number of hydrogen-bond donors (Lipinski definition) is 0. The van der Waals surface area contributed by atoms with Crippen LogP contribution in [0.3, 0.4) is 0 Å². The molecule has 0 aromatic rings. The Morgan fingerprint density at radius 3 is 1.69 bits per heavy atom. The van der Waals surface area contributed by atoms with Crippen LogP contribution in [0, 0.1) is 6.92 Å². The fourth-order valence-electron chi connectivity index (χ4n) is 0.821. The first-order valence-electron chi connectivity index (χ1n) is 5.10. The Morgan fingerprint density at radius 1 is 0.812 bits per heavy atom. The minimum absolute atomic E-state index is 0. The molecule has 16 heavy (non-hydrogen) atoms. The third kappa shape index (κ3) is 16.8. The average molecular weight is 227 g/mol. The second-order valence-electron chi connectivity index (χ2n) is 2.98. The van der Waals surface area contributed by atoms with Gasteiger partial charge in [-0.3, -0.25) is 4.84 Å². The van der Waals surface area contributed by atoms with Gasteiger partial charge in [0.1, 0.15) is 0 Å². The molecule has 0 saturated carbocycles. The van der Waals surface area contributed by atoms with E-state index >= 15 is 0 Å². The van der Waals surface area contributed by atoms with Crippen LogP contribution in [0.2, 0.25) is 0 Å². The molecular formula is C10H22LiNO4. The largest absolute Gasteiger partial charge is 1.00 e. The monoisotopic (exact) mass is 227 g/mol.